The van der Waals surface area contributed by atoms with E-state index in [1.165, 1.54) is 0 Å². The van der Waals surface area contributed by atoms with Gasteiger partial charge in [0.05, 0.1) is 11.0 Å². The number of fused-ring (bicyclic) bond motifs is 1. The first kappa shape index (κ1) is 8.26. The fourth-order valence-corrected chi connectivity index (χ4v) is 1.54. The van der Waals surface area contributed by atoms with E-state index in [1.54, 1.807) is 0 Å². The Morgan fingerprint density at radius 3 is 3.08 bits per heavy atom. The van der Waals surface area contributed by atoms with Gasteiger partial charge in [0.15, 0.2) is 0 Å². The molecule has 3 nitrogen and oxygen atoms in total. The number of nitrogens with one attached hydrogen (secondary N) is 1. The van der Waals surface area contributed by atoms with Gasteiger partial charge in [-0.1, -0.05) is 12.1 Å². The third-order valence-corrected chi connectivity index (χ3v) is 2.10. The van der Waals surface area contributed by atoms with Crippen LogP contribution in [0.15, 0.2) is 18.2 Å². The zero-order valence-corrected chi connectivity index (χ0v) is 7.54. The average Bonchev–Trinajstić information content (AvgIpc) is 2.47. The van der Waals surface area contributed by atoms with E-state index in [1.807, 2.05) is 25.1 Å². The van der Waals surface area contributed by atoms with Crippen molar-refractivity contribution in [1.29, 1.82) is 0 Å². The SMILES string of the molecule is Cc1nc2c(CCO)cccc2[nH]1. The number of para-hydroxylation sites is 1. The van der Waals surface area contributed by atoms with Crippen molar-refractivity contribution < 1.29 is 5.11 Å². The Morgan fingerprint density at radius 1 is 1.46 bits per heavy atom. The minimum atomic E-state index is 0.172. The highest BCUT2D eigenvalue weighted by atomic mass is 16.2. The van der Waals surface area contributed by atoms with E-state index in [9.17, 15) is 0 Å². The summed E-state index contributed by atoms with van der Waals surface area (Å²) in [5.41, 5.74) is 3.13. The number of aliphatic hydroxyl groups is 1. The largest absolute Gasteiger partial charge is 0.396 e. The summed E-state index contributed by atoms with van der Waals surface area (Å²) in [5, 5.41) is 8.85. The number of aryl methyl sites for hydroxylation is 1. The fraction of sp³-hybridized carbons (Fsp3) is 0.300. The third-order valence-electron chi connectivity index (χ3n) is 2.10. The summed E-state index contributed by atoms with van der Waals surface area (Å²) in [4.78, 5) is 7.53. The molecule has 2 N–H and O–H groups in total. The molecule has 2 aromatic rings. The zero-order chi connectivity index (χ0) is 9.26. The van der Waals surface area contributed by atoms with Gasteiger partial charge in [-0.3, -0.25) is 0 Å². The Bertz CT molecular complexity index is 420. The Hall–Kier alpha value is -1.35. The van der Waals surface area contributed by atoms with E-state index < -0.39 is 0 Å². The minimum absolute atomic E-state index is 0.172. The lowest BCUT2D eigenvalue weighted by molar-refractivity contribution is 0.300. The van der Waals surface area contributed by atoms with Gasteiger partial charge < -0.3 is 10.1 Å². The normalized spacial score (nSPS) is 10.9. The summed E-state index contributed by atoms with van der Waals surface area (Å²) in [5.74, 6) is 0.917. The molecule has 0 spiro atoms. The second-order valence-electron chi connectivity index (χ2n) is 3.11. The number of aromatic nitrogens is 2. The molecule has 3 heteroatoms. The lowest BCUT2D eigenvalue weighted by Crippen LogP contribution is -1.91. The van der Waals surface area contributed by atoms with Crippen LogP contribution in [0.2, 0.25) is 0 Å². The van der Waals surface area contributed by atoms with Gasteiger partial charge in [0.1, 0.15) is 5.82 Å². The van der Waals surface area contributed by atoms with Crippen LogP contribution in [0.5, 0.6) is 0 Å². The Labute approximate surface area is 76.4 Å². The molecule has 0 aliphatic carbocycles. The van der Waals surface area contributed by atoms with Crippen molar-refractivity contribution in [2.24, 2.45) is 0 Å². The Balaban J connectivity index is 2.60. The molecule has 1 aromatic carbocycles. The Morgan fingerprint density at radius 2 is 2.31 bits per heavy atom. The number of rotatable bonds is 2. The third kappa shape index (κ3) is 1.42. The van der Waals surface area contributed by atoms with Crippen LogP contribution in [0.1, 0.15) is 11.4 Å². The molecule has 0 fully saturated rings. The predicted molar refractivity (Wildman–Crippen MR) is 51.6 cm³/mol. The summed E-state index contributed by atoms with van der Waals surface area (Å²) < 4.78 is 0. The molecule has 0 bridgehead atoms. The maximum Gasteiger partial charge on any atom is 0.104 e. The molecule has 2 rings (SSSR count). The molecule has 68 valence electrons. The second kappa shape index (κ2) is 3.18. The van der Waals surface area contributed by atoms with Gasteiger partial charge in [0.25, 0.3) is 0 Å². The van der Waals surface area contributed by atoms with Crippen LogP contribution in [0.3, 0.4) is 0 Å². The highest BCUT2D eigenvalue weighted by Gasteiger charge is 2.03. The van der Waals surface area contributed by atoms with Crippen molar-refractivity contribution in [2.45, 2.75) is 13.3 Å². The topological polar surface area (TPSA) is 48.9 Å². The van der Waals surface area contributed by atoms with Crippen LogP contribution >= 0.6 is 0 Å². The summed E-state index contributed by atoms with van der Waals surface area (Å²) in [7, 11) is 0. The van der Waals surface area contributed by atoms with E-state index in [0.717, 1.165) is 22.4 Å². The molecule has 0 unspecified atom stereocenters. The van der Waals surface area contributed by atoms with E-state index in [4.69, 9.17) is 5.11 Å². The quantitative estimate of drug-likeness (QED) is 0.726. The monoisotopic (exact) mass is 176 g/mol. The smallest absolute Gasteiger partial charge is 0.104 e. The van der Waals surface area contributed by atoms with Crippen LogP contribution in [0.4, 0.5) is 0 Å². The van der Waals surface area contributed by atoms with Gasteiger partial charge in [-0.05, 0) is 25.0 Å². The van der Waals surface area contributed by atoms with Gasteiger partial charge >= 0.3 is 0 Å². The lowest BCUT2D eigenvalue weighted by atomic mass is 10.1. The van der Waals surface area contributed by atoms with Crippen molar-refractivity contribution in [3.63, 3.8) is 0 Å². The number of hydrogen-bond acceptors (Lipinski definition) is 2. The highest BCUT2D eigenvalue weighted by molar-refractivity contribution is 5.78. The first-order chi connectivity index (χ1) is 6.31. The van der Waals surface area contributed by atoms with Gasteiger partial charge in [-0.15, -0.1) is 0 Å². The van der Waals surface area contributed by atoms with Gasteiger partial charge in [-0.25, -0.2) is 4.98 Å². The lowest BCUT2D eigenvalue weighted by Gasteiger charge is -1.97. The molecule has 0 saturated carbocycles. The molecule has 0 radical (unpaired) electrons. The zero-order valence-electron chi connectivity index (χ0n) is 7.54. The standard InChI is InChI=1S/C10H12N2O/c1-7-11-9-4-2-3-8(5-6-13)10(9)12-7/h2-4,13H,5-6H2,1H3,(H,11,12). The van der Waals surface area contributed by atoms with Gasteiger partial charge in [0.2, 0.25) is 0 Å². The van der Waals surface area contributed by atoms with Crippen molar-refractivity contribution in [3.8, 4) is 0 Å². The molecule has 1 heterocycles. The van der Waals surface area contributed by atoms with Crippen molar-refractivity contribution >= 4 is 11.0 Å². The number of aliphatic hydroxyl groups excluding tert-OH is 1. The maximum absolute atomic E-state index is 8.85. The van der Waals surface area contributed by atoms with Crippen LogP contribution in [-0.4, -0.2) is 21.7 Å². The van der Waals surface area contributed by atoms with Crippen LogP contribution in [0.25, 0.3) is 11.0 Å². The number of aromatic amines is 1. The molecule has 0 saturated heterocycles. The first-order valence-corrected chi connectivity index (χ1v) is 4.36. The maximum atomic E-state index is 8.85. The average molecular weight is 176 g/mol. The van der Waals surface area contributed by atoms with E-state index in [0.29, 0.717) is 6.42 Å². The number of hydrogen-bond donors (Lipinski definition) is 2. The first-order valence-electron chi connectivity index (χ1n) is 4.36. The van der Waals surface area contributed by atoms with Crippen molar-refractivity contribution in [3.05, 3.63) is 29.6 Å². The van der Waals surface area contributed by atoms with E-state index in [2.05, 4.69) is 9.97 Å². The predicted octanol–water partition coefficient (Wildman–Crippen LogP) is 1.41. The van der Waals surface area contributed by atoms with Gasteiger partial charge in [-0.2, -0.15) is 0 Å². The Kier molecular flexibility index (Phi) is 2.02. The molecule has 0 amide bonds. The molecule has 0 aliphatic heterocycles. The minimum Gasteiger partial charge on any atom is -0.396 e. The van der Waals surface area contributed by atoms with Crippen LogP contribution < -0.4 is 0 Å². The van der Waals surface area contributed by atoms with E-state index >= 15 is 0 Å². The van der Waals surface area contributed by atoms with Gasteiger partial charge in [0, 0.05) is 6.61 Å². The van der Waals surface area contributed by atoms with E-state index in [-0.39, 0.29) is 6.61 Å². The number of imidazole rings is 1. The number of H-pyrrole nitrogens is 1. The van der Waals surface area contributed by atoms with Crippen LogP contribution in [0, 0.1) is 6.92 Å². The second-order valence-corrected chi connectivity index (χ2v) is 3.11. The van der Waals surface area contributed by atoms with Crippen LogP contribution in [-0.2, 0) is 6.42 Å². The van der Waals surface area contributed by atoms with Crippen molar-refractivity contribution in [2.75, 3.05) is 6.61 Å². The summed E-state index contributed by atoms with van der Waals surface area (Å²) in [6, 6.07) is 5.97. The molecule has 0 atom stereocenters. The number of nitrogens with zero attached hydrogens (tertiary/aromatic N) is 1. The molecule has 13 heavy (non-hydrogen) atoms. The molecule has 0 aliphatic rings. The number of benzene rings is 1. The summed E-state index contributed by atoms with van der Waals surface area (Å²) >= 11 is 0. The summed E-state index contributed by atoms with van der Waals surface area (Å²) in [6.07, 6.45) is 0.668. The molecular weight excluding hydrogens is 164 g/mol. The fourth-order valence-electron chi connectivity index (χ4n) is 1.54. The summed E-state index contributed by atoms with van der Waals surface area (Å²) in [6.45, 7) is 2.10. The highest BCUT2D eigenvalue weighted by Crippen LogP contribution is 2.16. The molecular formula is C10H12N2O. The molecule has 1 aromatic heterocycles. The van der Waals surface area contributed by atoms with Crippen molar-refractivity contribution in [1.82, 2.24) is 9.97 Å².